The van der Waals surface area contributed by atoms with Gasteiger partial charge in [0.15, 0.2) is 0 Å². The van der Waals surface area contributed by atoms with Crippen LogP contribution in [0.25, 0.3) is 0 Å². The van der Waals surface area contributed by atoms with Gasteiger partial charge in [-0.2, -0.15) is 0 Å². The normalized spacial score (nSPS) is 15.8. The van der Waals surface area contributed by atoms with E-state index in [0.717, 1.165) is 38.8 Å². The van der Waals surface area contributed by atoms with Crippen LogP contribution in [0.5, 0.6) is 0 Å². The highest BCUT2D eigenvalue weighted by Crippen LogP contribution is 2.32. The van der Waals surface area contributed by atoms with Crippen LogP contribution in [0.2, 0.25) is 0 Å². The van der Waals surface area contributed by atoms with Gasteiger partial charge >= 0.3 is 0 Å². The van der Waals surface area contributed by atoms with Crippen molar-refractivity contribution in [2.24, 2.45) is 11.7 Å². The summed E-state index contributed by atoms with van der Waals surface area (Å²) in [5.41, 5.74) is 5.66. The molecular weight excluding hydrogens is 254 g/mol. The van der Waals surface area contributed by atoms with Crippen LogP contribution < -0.4 is 11.1 Å². The molecule has 3 N–H and O–H groups in total. The van der Waals surface area contributed by atoms with Crippen molar-refractivity contribution in [1.29, 1.82) is 0 Å². The minimum Gasteiger partial charge on any atom is -0.352 e. The van der Waals surface area contributed by atoms with Crippen molar-refractivity contribution in [3.63, 3.8) is 0 Å². The zero-order valence-electron chi connectivity index (χ0n) is 12.9. The molecule has 0 aromatic heterocycles. The van der Waals surface area contributed by atoms with E-state index in [1.807, 2.05) is 4.90 Å². The SMILES string of the molecule is CCCN(CCC)C(=O)CCC(=O)NC(CN)C1CC1. The highest BCUT2D eigenvalue weighted by molar-refractivity contribution is 5.83. The molecule has 0 radical (unpaired) electrons. The molecule has 1 atom stereocenters. The number of amides is 2. The summed E-state index contributed by atoms with van der Waals surface area (Å²) in [6.45, 7) is 6.17. The molecule has 1 aliphatic rings. The van der Waals surface area contributed by atoms with E-state index in [4.69, 9.17) is 5.73 Å². The number of hydrogen-bond acceptors (Lipinski definition) is 3. The van der Waals surface area contributed by atoms with Gasteiger partial charge < -0.3 is 16.0 Å². The van der Waals surface area contributed by atoms with Crippen LogP contribution in [-0.2, 0) is 9.59 Å². The number of nitrogens with zero attached hydrogens (tertiary/aromatic N) is 1. The topological polar surface area (TPSA) is 75.4 Å². The molecule has 1 saturated carbocycles. The maximum Gasteiger partial charge on any atom is 0.223 e. The van der Waals surface area contributed by atoms with Gasteiger partial charge in [-0.15, -0.1) is 0 Å². The summed E-state index contributed by atoms with van der Waals surface area (Å²) < 4.78 is 0. The van der Waals surface area contributed by atoms with Crippen molar-refractivity contribution in [1.82, 2.24) is 10.2 Å². The van der Waals surface area contributed by atoms with Crippen LogP contribution in [0.15, 0.2) is 0 Å². The molecule has 1 unspecified atom stereocenters. The van der Waals surface area contributed by atoms with E-state index in [1.54, 1.807) is 0 Å². The van der Waals surface area contributed by atoms with E-state index in [1.165, 1.54) is 0 Å². The molecule has 0 aliphatic heterocycles. The van der Waals surface area contributed by atoms with Crippen LogP contribution in [0.3, 0.4) is 0 Å². The van der Waals surface area contributed by atoms with Gasteiger partial charge in [0.2, 0.25) is 11.8 Å². The lowest BCUT2D eigenvalue weighted by molar-refractivity contribution is -0.133. The summed E-state index contributed by atoms with van der Waals surface area (Å²) in [6, 6.07) is 0.0972. The Morgan fingerprint density at radius 1 is 1.20 bits per heavy atom. The van der Waals surface area contributed by atoms with Crippen LogP contribution in [0, 0.1) is 5.92 Å². The molecule has 2 amide bonds. The first-order valence-electron chi connectivity index (χ1n) is 7.89. The molecule has 1 rings (SSSR count). The first-order valence-corrected chi connectivity index (χ1v) is 7.89. The molecule has 1 aliphatic carbocycles. The van der Waals surface area contributed by atoms with Gasteiger partial charge in [-0.05, 0) is 31.6 Å². The Bertz CT molecular complexity index is 310. The fraction of sp³-hybridized carbons (Fsp3) is 0.867. The second-order valence-corrected chi connectivity index (χ2v) is 5.63. The van der Waals surface area contributed by atoms with Crippen molar-refractivity contribution in [3.8, 4) is 0 Å². The number of nitrogens with one attached hydrogen (secondary N) is 1. The summed E-state index contributed by atoms with van der Waals surface area (Å²) in [4.78, 5) is 25.8. The Hall–Kier alpha value is -1.10. The van der Waals surface area contributed by atoms with Crippen LogP contribution in [-0.4, -0.2) is 42.4 Å². The van der Waals surface area contributed by atoms with E-state index < -0.39 is 0 Å². The summed E-state index contributed by atoms with van der Waals surface area (Å²) in [6.07, 6.45) is 4.78. The Morgan fingerprint density at radius 2 is 1.80 bits per heavy atom. The monoisotopic (exact) mass is 283 g/mol. The molecule has 1 fully saturated rings. The molecular formula is C15H29N3O2. The van der Waals surface area contributed by atoms with Crippen molar-refractivity contribution >= 4 is 11.8 Å². The smallest absolute Gasteiger partial charge is 0.223 e. The first kappa shape index (κ1) is 17.0. The summed E-state index contributed by atoms with van der Waals surface area (Å²) >= 11 is 0. The van der Waals surface area contributed by atoms with Gasteiger partial charge in [-0.3, -0.25) is 9.59 Å². The molecule has 0 spiro atoms. The summed E-state index contributed by atoms with van der Waals surface area (Å²) in [5, 5.41) is 2.95. The molecule has 5 nitrogen and oxygen atoms in total. The predicted octanol–water partition coefficient (Wildman–Crippen LogP) is 1.27. The number of nitrogens with two attached hydrogens (primary N) is 1. The third-order valence-corrected chi connectivity index (χ3v) is 3.70. The standard InChI is InChI=1S/C15H29N3O2/c1-3-9-18(10-4-2)15(20)8-7-14(19)17-13(11-16)12-5-6-12/h12-13H,3-11,16H2,1-2H3,(H,17,19). The molecule has 116 valence electrons. The summed E-state index contributed by atoms with van der Waals surface area (Å²) in [5.74, 6) is 0.588. The fourth-order valence-electron chi connectivity index (χ4n) is 2.43. The highest BCUT2D eigenvalue weighted by atomic mass is 16.2. The van der Waals surface area contributed by atoms with Gasteiger partial charge in [0, 0.05) is 38.5 Å². The number of carbonyl (C=O) groups is 2. The largest absolute Gasteiger partial charge is 0.352 e. The Labute approximate surface area is 122 Å². The van der Waals surface area contributed by atoms with Gasteiger partial charge in [-0.25, -0.2) is 0 Å². The van der Waals surface area contributed by atoms with Crippen molar-refractivity contribution < 1.29 is 9.59 Å². The average Bonchev–Trinajstić information content (AvgIpc) is 3.26. The molecule has 0 aromatic carbocycles. The van der Waals surface area contributed by atoms with Crippen LogP contribution >= 0.6 is 0 Å². The van der Waals surface area contributed by atoms with Gasteiger partial charge in [-0.1, -0.05) is 13.8 Å². The number of rotatable bonds is 10. The second-order valence-electron chi connectivity index (χ2n) is 5.63. The minimum atomic E-state index is -0.0475. The third-order valence-electron chi connectivity index (χ3n) is 3.70. The molecule has 0 heterocycles. The quantitative estimate of drug-likeness (QED) is 0.634. The molecule has 20 heavy (non-hydrogen) atoms. The van der Waals surface area contributed by atoms with Crippen molar-refractivity contribution in [2.75, 3.05) is 19.6 Å². The Kier molecular flexibility index (Phi) is 7.59. The van der Waals surface area contributed by atoms with E-state index in [2.05, 4.69) is 19.2 Å². The average molecular weight is 283 g/mol. The van der Waals surface area contributed by atoms with Gasteiger partial charge in [0.05, 0.1) is 0 Å². The number of carbonyl (C=O) groups excluding carboxylic acids is 2. The summed E-state index contributed by atoms with van der Waals surface area (Å²) in [7, 11) is 0. The fourth-order valence-corrected chi connectivity index (χ4v) is 2.43. The molecule has 0 aromatic rings. The van der Waals surface area contributed by atoms with Crippen LogP contribution in [0.4, 0.5) is 0 Å². The van der Waals surface area contributed by atoms with E-state index in [-0.39, 0.29) is 24.3 Å². The zero-order chi connectivity index (χ0) is 15.0. The minimum absolute atomic E-state index is 0.0475. The lowest BCUT2D eigenvalue weighted by Crippen LogP contribution is -2.42. The first-order chi connectivity index (χ1) is 9.62. The Balaban J connectivity index is 2.29. The lowest BCUT2D eigenvalue weighted by Gasteiger charge is -2.21. The molecule has 0 saturated heterocycles. The van der Waals surface area contributed by atoms with Crippen molar-refractivity contribution in [3.05, 3.63) is 0 Å². The maximum absolute atomic E-state index is 12.1. The van der Waals surface area contributed by atoms with E-state index >= 15 is 0 Å². The van der Waals surface area contributed by atoms with Gasteiger partial charge in [0.1, 0.15) is 0 Å². The van der Waals surface area contributed by atoms with Crippen LogP contribution in [0.1, 0.15) is 52.4 Å². The zero-order valence-corrected chi connectivity index (χ0v) is 12.9. The van der Waals surface area contributed by atoms with Crippen molar-refractivity contribution in [2.45, 2.75) is 58.4 Å². The molecule has 0 bridgehead atoms. The third kappa shape index (κ3) is 5.90. The predicted molar refractivity (Wildman–Crippen MR) is 80.1 cm³/mol. The lowest BCUT2D eigenvalue weighted by atomic mass is 10.1. The van der Waals surface area contributed by atoms with Gasteiger partial charge in [0.25, 0.3) is 0 Å². The maximum atomic E-state index is 12.1. The highest BCUT2D eigenvalue weighted by Gasteiger charge is 2.31. The Morgan fingerprint density at radius 3 is 2.25 bits per heavy atom. The molecule has 5 heteroatoms. The van der Waals surface area contributed by atoms with E-state index in [9.17, 15) is 9.59 Å². The second kappa shape index (κ2) is 8.95. The number of hydrogen-bond donors (Lipinski definition) is 2. The van der Waals surface area contributed by atoms with E-state index in [0.29, 0.717) is 18.9 Å².